The molecule has 0 fully saturated rings. The molecule has 0 atom stereocenters. The fraction of sp³-hybridized carbons (Fsp3) is 0. The molecule has 11 aromatic rings. The second kappa shape index (κ2) is 12.6. The largest absolute Gasteiger partial charge is 0.308 e. The lowest BCUT2D eigenvalue weighted by Gasteiger charge is -2.35. The van der Waals surface area contributed by atoms with Gasteiger partial charge < -0.3 is 9.80 Å². The van der Waals surface area contributed by atoms with Crippen LogP contribution in [0.4, 0.5) is 34.1 Å². The number of para-hydroxylation sites is 2. The Hall–Kier alpha value is -6.46. The second-order valence-electron chi connectivity index (χ2n) is 13.7. The van der Waals surface area contributed by atoms with Crippen molar-refractivity contribution in [1.82, 2.24) is 0 Å². The van der Waals surface area contributed by atoms with Crippen molar-refractivity contribution in [2.75, 3.05) is 9.80 Å². The summed E-state index contributed by atoms with van der Waals surface area (Å²) in [7, 11) is 0. The third-order valence-electron chi connectivity index (χ3n) is 10.6. The summed E-state index contributed by atoms with van der Waals surface area (Å²) in [4.78, 5) is 5.02. The van der Waals surface area contributed by atoms with Gasteiger partial charge in [-0.3, -0.25) is 0 Å². The molecule has 0 saturated heterocycles. The number of hydrogen-bond acceptors (Lipinski definition) is 4. The van der Waals surface area contributed by atoms with Crippen LogP contribution in [0.25, 0.3) is 61.9 Å². The topological polar surface area (TPSA) is 6.48 Å². The van der Waals surface area contributed by atoms with Gasteiger partial charge in [0.2, 0.25) is 0 Å². The number of fused-ring (bicyclic) bond motifs is 9. The first kappa shape index (κ1) is 31.1. The van der Waals surface area contributed by atoms with Gasteiger partial charge in [0.1, 0.15) is 0 Å². The fourth-order valence-corrected chi connectivity index (χ4v) is 10.6. The lowest BCUT2D eigenvalue weighted by Crippen LogP contribution is -2.18. The molecular formula is C50H32N2S2. The number of thiophene rings is 2. The third-order valence-corrected chi connectivity index (χ3v) is 12.9. The molecule has 0 unspecified atom stereocenters. The first-order valence-electron chi connectivity index (χ1n) is 18.3. The molecule has 0 radical (unpaired) electrons. The highest BCUT2D eigenvalue weighted by Gasteiger charge is 2.29. The van der Waals surface area contributed by atoms with Gasteiger partial charge in [-0.25, -0.2) is 0 Å². The molecule has 0 amide bonds. The monoisotopic (exact) mass is 724 g/mol. The summed E-state index contributed by atoms with van der Waals surface area (Å²) in [6, 6.07) is 71.1. The number of nitrogens with zero attached hydrogens (tertiary/aromatic N) is 2. The van der Waals surface area contributed by atoms with E-state index in [2.05, 4.69) is 204 Å². The summed E-state index contributed by atoms with van der Waals surface area (Å²) < 4.78 is 5.14. The summed E-state index contributed by atoms with van der Waals surface area (Å²) in [5.74, 6) is 0. The predicted octanol–water partition coefficient (Wildman–Crippen LogP) is 15.7. The van der Waals surface area contributed by atoms with Gasteiger partial charge in [-0.1, -0.05) is 133 Å². The number of hydrogen-bond donors (Lipinski definition) is 0. The highest BCUT2D eigenvalue weighted by atomic mass is 32.1. The van der Waals surface area contributed by atoms with Crippen LogP contribution in [0.15, 0.2) is 194 Å². The van der Waals surface area contributed by atoms with E-state index >= 15 is 0 Å². The molecule has 2 heterocycles. The van der Waals surface area contributed by atoms with E-state index in [1.165, 1.54) is 61.9 Å². The maximum atomic E-state index is 2.53. The highest BCUT2D eigenvalue weighted by Crippen LogP contribution is 2.55. The van der Waals surface area contributed by atoms with Gasteiger partial charge in [-0.2, -0.15) is 0 Å². The minimum Gasteiger partial charge on any atom is -0.308 e. The van der Waals surface area contributed by atoms with E-state index in [9.17, 15) is 0 Å². The van der Waals surface area contributed by atoms with Crippen LogP contribution in [0.1, 0.15) is 0 Å². The van der Waals surface area contributed by atoms with Crippen molar-refractivity contribution in [1.29, 1.82) is 0 Å². The average molecular weight is 725 g/mol. The average Bonchev–Trinajstić information content (AvgIpc) is 3.81. The maximum absolute atomic E-state index is 2.53. The summed E-state index contributed by atoms with van der Waals surface area (Å²) in [5, 5.41) is 9.96. The van der Waals surface area contributed by atoms with Crippen LogP contribution >= 0.6 is 22.7 Å². The van der Waals surface area contributed by atoms with Crippen LogP contribution in [0.2, 0.25) is 0 Å². The molecule has 54 heavy (non-hydrogen) atoms. The van der Waals surface area contributed by atoms with E-state index in [4.69, 9.17) is 0 Å². The molecule has 0 N–H and O–H groups in total. The van der Waals surface area contributed by atoms with Crippen LogP contribution in [0, 0.1) is 0 Å². The van der Waals surface area contributed by atoms with Gasteiger partial charge >= 0.3 is 0 Å². The van der Waals surface area contributed by atoms with E-state index in [-0.39, 0.29) is 0 Å². The van der Waals surface area contributed by atoms with Gasteiger partial charge in [0.25, 0.3) is 0 Å². The first-order valence-corrected chi connectivity index (χ1v) is 19.9. The number of rotatable bonds is 6. The molecule has 254 valence electrons. The molecule has 2 aromatic heterocycles. The van der Waals surface area contributed by atoms with Crippen LogP contribution in [-0.4, -0.2) is 0 Å². The predicted molar refractivity (Wildman–Crippen MR) is 237 cm³/mol. The van der Waals surface area contributed by atoms with Gasteiger partial charge in [-0.05, 0) is 71.4 Å². The van der Waals surface area contributed by atoms with Crippen LogP contribution in [0.5, 0.6) is 0 Å². The van der Waals surface area contributed by atoms with Crippen LogP contribution < -0.4 is 9.80 Å². The smallest absolute Gasteiger partial charge is 0.0788 e. The lowest BCUT2D eigenvalue weighted by molar-refractivity contribution is 1.26. The Morgan fingerprint density at radius 3 is 1.41 bits per heavy atom. The summed E-state index contributed by atoms with van der Waals surface area (Å²) in [6.45, 7) is 0. The van der Waals surface area contributed by atoms with Crippen molar-refractivity contribution >= 4 is 119 Å². The Bertz CT molecular complexity index is 3180. The van der Waals surface area contributed by atoms with Gasteiger partial charge in [-0.15, -0.1) is 22.7 Å². The molecule has 9 aromatic carbocycles. The van der Waals surface area contributed by atoms with Gasteiger partial charge in [0.05, 0.1) is 17.1 Å². The highest BCUT2D eigenvalue weighted by molar-refractivity contribution is 7.26. The zero-order valence-electron chi connectivity index (χ0n) is 29.2. The Morgan fingerprint density at radius 1 is 0.278 bits per heavy atom. The van der Waals surface area contributed by atoms with Crippen molar-refractivity contribution in [2.45, 2.75) is 0 Å². The van der Waals surface area contributed by atoms with Crippen molar-refractivity contribution in [3.8, 4) is 0 Å². The third kappa shape index (κ3) is 4.85. The number of benzene rings is 9. The Balaban J connectivity index is 1.32. The quantitative estimate of drug-likeness (QED) is 0.124. The van der Waals surface area contributed by atoms with Gasteiger partial charge in [0, 0.05) is 68.2 Å². The molecule has 0 bridgehead atoms. The standard InChI is InChI=1S/C50H32N2S2/c1-3-16-33(17-4-1)51(35-30-31-39-38-22-11-13-27-44(38)54-47(39)32-35)49-40-23-9-7-20-36(40)37-21-8-10-24-41(37)50(49)52(34-18-5-2-6-19-34)43-26-15-29-46-48(43)42-25-12-14-28-45(42)53-46/h1-32H. The molecule has 2 nitrogen and oxygen atoms in total. The molecule has 0 aliphatic heterocycles. The molecule has 0 aliphatic rings. The van der Waals surface area contributed by atoms with E-state index in [1.807, 2.05) is 22.7 Å². The maximum Gasteiger partial charge on any atom is 0.0788 e. The van der Waals surface area contributed by atoms with Crippen molar-refractivity contribution < 1.29 is 0 Å². The molecule has 11 rings (SSSR count). The van der Waals surface area contributed by atoms with Gasteiger partial charge in [0.15, 0.2) is 0 Å². The van der Waals surface area contributed by atoms with E-state index in [0.717, 1.165) is 34.1 Å². The van der Waals surface area contributed by atoms with E-state index in [0.29, 0.717) is 0 Å². The van der Waals surface area contributed by atoms with Crippen molar-refractivity contribution in [3.63, 3.8) is 0 Å². The van der Waals surface area contributed by atoms with E-state index < -0.39 is 0 Å². The molecule has 0 spiro atoms. The summed E-state index contributed by atoms with van der Waals surface area (Å²) in [5.41, 5.74) is 6.76. The minimum absolute atomic E-state index is 1.10. The Morgan fingerprint density at radius 2 is 0.741 bits per heavy atom. The Labute approximate surface area is 321 Å². The summed E-state index contributed by atoms with van der Waals surface area (Å²) in [6.07, 6.45) is 0. The first-order chi connectivity index (χ1) is 26.8. The SMILES string of the molecule is c1ccc(N(c2ccc3c(c2)sc2ccccc23)c2c(N(c3ccccc3)c3cccc4sc5ccccc5c34)c3ccccc3c3ccccc23)cc1. The minimum atomic E-state index is 1.10. The second-order valence-corrected chi connectivity index (χ2v) is 15.8. The molecule has 0 aliphatic carbocycles. The number of anilines is 6. The normalized spacial score (nSPS) is 11.7. The molecule has 4 heteroatoms. The zero-order chi connectivity index (χ0) is 35.6. The van der Waals surface area contributed by atoms with Crippen LogP contribution in [0.3, 0.4) is 0 Å². The summed E-state index contributed by atoms with van der Waals surface area (Å²) >= 11 is 3.72. The molecular weight excluding hydrogens is 693 g/mol. The molecule has 0 saturated carbocycles. The van der Waals surface area contributed by atoms with Crippen molar-refractivity contribution in [3.05, 3.63) is 194 Å². The van der Waals surface area contributed by atoms with E-state index in [1.54, 1.807) is 0 Å². The van der Waals surface area contributed by atoms with Crippen LogP contribution in [-0.2, 0) is 0 Å². The zero-order valence-corrected chi connectivity index (χ0v) is 30.8. The Kier molecular flexibility index (Phi) is 7.25. The lowest BCUT2D eigenvalue weighted by atomic mass is 9.95. The fourth-order valence-electron chi connectivity index (χ4n) is 8.30. The van der Waals surface area contributed by atoms with Crippen molar-refractivity contribution in [2.24, 2.45) is 0 Å².